The summed E-state index contributed by atoms with van der Waals surface area (Å²) in [5.41, 5.74) is 7.07. The number of nitrogens with one attached hydrogen (secondary N) is 1. The van der Waals surface area contributed by atoms with Gasteiger partial charge in [-0.1, -0.05) is 6.07 Å². The minimum atomic E-state index is -1.05. The fraction of sp³-hybridized carbons (Fsp3) is 0.429. The molecule has 0 bridgehead atoms. The number of nitrogens with zero attached hydrogens (tertiary/aromatic N) is 1. The minimum absolute atomic E-state index is 0.106. The van der Waals surface area contributed by atoms with Crippen molar-refractivity contribution >= 4 is 11.8 Å². The molecule has 0 radical (unpaired) electrons. The first-order chi connectivity index (χ1) is 10.0. The number of benzene rings is 1. The number of ether oxygens (including phenoxy) is 1. The lowest BCUT2D eigenvalue weighted by molar-refractivity contribution is -0.145. The van der Waals surface area contributed by atoms with Gasteiger partial charge in [0, 0.05) is 5.92 Å². The third-order valence-corrected chi connectivity index (χ3v) is 3.52. The summed E-state index contributed by atoms with van der Waals surface area (Å²) in [5.74, 6) is -2.77. The van der Waals surface area contributed by atoms with E-state index in [-0.39, 0.29) is 12.2 Å². The summed E-state index contributed by atoms with van der Waals surface area (Å²) in [6.07, 6.45) is 0.428. The highest BCUT2D eigenvalue weighted by molar-refractivity contribution is 6.03. The second-order valence-electron chi connectivity index (χ2n) is 4.87. The topological polar surface area (TPSA) is 120 Å². The molecule has 3 unspecified atom stereocenters. The maximum absolute atomic E-state index is 12.3. The van der Waals surface area contributed by atoms with Crippen molar-refractivity contribution in [2.75, 3.05) is 6.61 Å². The number of hydrogen-bond donors (Lipinski definition) is 3. The van der Waals surface area contributed by atoms with E-state index in [1.807, 2.05) is 0 Å². The highest BCUT2D eigenvalue weighted by Gasteiger charge is 2.51. The Labute approximate surface area is 121 Å². The van der Waals surface area contributed by atoms with Crippen LogP contribution in [-0.4, -0.2) is 34.6 Å². The van der Waals surface area contributed by atoms with Crippen molar-refractivity contribution in [1.82, 2.24) is 0 Å². The van der Waals surface area contributed by atoms with Crippen LogP contribution in [0.25, 0.3) is 0 Å². The minimum Gasteiger partial charge on any atom is -0.504 e. The van der Waals surface area contributed by atoms with Crippen LogP contribution in [0.15, 0.2) is 23.3 Å². The van der Waals surface area contributed by atoms with Gasteiger partial charge in [0.15, 0.2) is 17.3 Å². The molecule has 0 aromatic heterocycles. The number of hydrogen-bond acceptors (Lipinski definition) is 7. The quantitative estimate of drug-likeness (QED) is 0.320. The molecular weight excluding hydrogens is 276 g/mol. The van der Waals surface area contributed by atoms with Gasteiger partial charge in [0.05, 0.1) is 18.1 Å². The predicted molar refractivity (Wildman–Crippen MR) is 71.3 cm³/mol. The van der Waals surface area contributed by atoms with Crippen LogP contribution >= 0.6 is 0 Å². The lowest BCUT2D eigenvalue weighted by Gasteiger charge is -2.11. The van der Waals surface area contributed by atoms with E-state index < -0.39 is 41.1 Å². The van der Waals surface area contributed by atoms with E-state index >= 15 is 0 Å². The number of esters is 1. The number of ketones is 1. The molecule has 112 valence electrons. The van der Waals surface area contributed by atoms with Crippen molar-refractivity contribution in [2.24, 2.45) is 17.0 Å². The average molecular weight is 292 g/mol. The normalized spacial score (nSPS) is 21.4. The molecule has 0 amide bonds. The SMILES string of the molecule is CCOC(=O)C1CC1C(N=N)C(=O)c1cccc(O)c1O. The summed E-state index contributed by atoms with van der Waals surface area (Å²) >= 11 is 0. The lowest BCUT2D eigenvalue weighted by atomic mass is 9.99. The molecule has 1 aromatic carbocycles. The van der Waals surface area contributed by atoms with Gasteiger partial charge in [0.25, 0.3) is 0 Å². The molecule has 3 N–H and O–H groups in total. The molecule has 0 heterocycles. The Hall–Kier alpha value is -2.44. The number of phenolic OH excluding ortho intramolecular Hbond substituents is 2. The predicted octanol–water partition coefficient (Wildman–Crippen LogP) is 1.88. The molecule has 0 spiro atoms. The number of phenols is 2. The van der Waals surface area contributed by atoms with Crippen LogP contribution in [0.3, 0.4) is 0 Å². The van der Waals surface area contributed by atoms with Gasteiger partial charge in [0.1, 0.15) is 6.04 Å². The highest BCUT2D eigenvalue weighted by atomic mass is 16.5. The Balaban J connectivity index is 2.16. The maximum atomic E-state index is 12.3. The van der Waals surface area contributed by atoms with Crippen LogP contribution in [0.5, 0.6) is 11.5 Å². The van der Waals surface area contributed by atoms with Crippen LogP contribution < -0.4 is 0 Å². The molecule has 21 heavy (non-hydrogen) atoms. The molecule has 2 rings (SSSR count). The van der Waals surface area contributed by atoms with Gasteiger partial charge in [0.2, 0.25) is 0 Å². The molecule has 7 nitrogen and oxygen atoms in total. The first kappa shape index (κ1) is 15.0. The molecule has 0 saturated heterocycles. The first-order valence-electron chi connectivity index (χ1n) is 6.59. The van der Waals surface area contributed by atoms with Crippen molar-refractivity contribution in [3.05, 3.63) is 23.8 Å². The van der Waals surface area contributed by atoms with Crippen molar-refractivity contribution in [3.63, 3.8) is 0 Å². The standard InChI is InChI=1S/C14H16N2O5/c1-2-21-14(20)9-6-8(9)11(16-15)13(19)7-4-3-5-10(17)12(7)18/h3-5,8-9,11,15,17-18H,2,6H2,1H3. The van der Waals surface area contributed by atoms with Crippen molar-refractivity contribution in [2.45, 2.75) is 19.4 Å². The van der Waals surface area contributed by atoms with Crippen molar-refractivity contribution in [1.29, 1.82) is 5.53 Å². The van der Waals surface area contributed by atoms with Gasteiger partial charge in [-0.15, -0.1) is 0 Å². The first-order valence-corrected chi connectivity index (χ1v) is 6.59. The molecule has 1 aliphatic carbocycles. The zero-order valence-electron chi connectivity index (χ0n) is 11.4. The molecule has 1 fully saturated rings. The summed E-state index contributed by atoms with van der Waals surface area (Å²) in [5, 5.41) is 22.4. The van der Waals surface area contributed by atoms with Gasteiger partial charge in [-0.05, 0) is 25.5 Å². The second-order valence-corrected chi connectivity index (χ2v) is 4.87. The molecule has 1 saturated carbocycles. The Morgan fingerprint density at radius 2 is 2.19 bits per heavy atom. The molecule has 1 aromatic rings. The van der Waals surface area contributed by atoms with Crippen molar-refractivity contribution < 1.29 is 24.5 Å². The smallest absolute Gasteiger partial charge is 0.309 e. The van der Waals surface area contributed by atoms with E-state index in [2.05, 4.69) is 5.11 Å². The van der Waals surface area contributed by atoms with Crippen LogP contribution in [0.1, 0.15) is 23.7 Å². The summed E-state index contributed by atoms with van der Waals surface area (Å²) in [4.78, 5) is 23.9. The fourth-order valence-corrected chi connectivity index (χ4v) is 2.32. The van der Waals surface area contributed by atoms with Gasteiger partial charge in [-0.25, -0.2) is 5.53 Å². The molecule has 3 atom stereocenters. The average Bonchev–Trinajstić information content (AvgIpc) is 3.23. The number of carbonyl (C=O) groups is 2. The number of rotatable bonds is 6. The van der Waals surface area contributed by atoms with Gasteiger partial charge in [-0.3, -0.25) is 9.59 Å². The summed E-state index contributed by atoms with van der Waals surface area (Å²) in [6, 6.07) is 2.96. The van der Waals surface area contributed by atoms with Crippen molar-refractivity contribution in [3.8, 4) is 11.5 Å². The monoisotopic (exact) mass is 292 g/mol. The van der Waals surface area contributed by atoms with E-state index in [1.54, 1.807) is 6.92 Å². The van der Waals surface area contributed by atoms with Crippen LogP contribution in [0.4, 0.5) is 0 Å². The van der Waals surface area contributed by atoms with E-state index in [9.17, 15) is 19.8 Å². The third-order valence-electron chi connectivity index (χ3n) is 3.52. The molecule has 7 heteroatoms. The zero-order valence-corrected chi connectivity index (χ0v) is 11.4. The van der Waals surface area contributed by atoms with Gasteiger partial charge in [-0.2, -0.15) is 5.11 Å². The van der Waals surface area contributed by atoms with Crippen LogP contribution in [0.2, 0.25) is 0 Å². The van der Waals surface area contributed by atoms with E-state index in [4.69, 9.17) is 10.3 Å². The number of Topliss-reactive ketones (excluding diaryl/α,β-unsaturated/α-hetero) is 1. The van der Waals surface area contributed by atoms with E-state index in [1.165, 1.54) is 18.2 Å². The zero-order chi connectivity index (χ0) is 15.6. The number of carbonyl (C=O) groups excluding carboxylic acids is 2. The fourth-order valence-electron chi connectivity index (χ4n) is 2.32. The molecule has 1 aliphatic rings. The number of para-hydroxylation sites is 1. The largest absolute Gasteiger partial charge is 0.504 e. The van der Waals surface area contributed by atoms with Crippen LogP contribution in [0, 0.1) is 17.4 Å². The Morgan fingerprint density at radius 3 is 2.81 bits per heavy atom. The Bertz CT molecular complexity index is 587. The number of aromatic hydroxyl groups is 2. The Kier molecular flexibility index (Phi) is 4.21. The third kappa shape index (κ3) is 2.86. The highest BCUT2D eigenvalue weighted by Crippen LogP contribution is 2.45. The maximum Gasteiger partial charge on any atom is 0.309 e. The molecular formula is C14H16N2O5. The second kappa shape index (κ2) is 5.90. The van der Waals surface area contributed by atoms with Crippen LogP contribution in [-0.2, 0) is 9.53 Å². The Morgan fingerprint density at radius 1 is 1.48 bits per heavy atom. The lowest BCUT2D eigenvalue weighted by Crippen LogP contribution is -2.23. The summed E-state index contributed by atoms with van der Waals surface area (Å²) < 4.78 is 4.88. The summed E-state index contributed by atoms with van der Waals surface area (Å²) in [6.45, 7) is 1.95. The van der Waals surface area contributed by atoms with E-state index in [0.29, 0.717) is 6.42 Å². The molecule has 0 aliphatic heterocycles. The summed E-state index contributed by atoms with van der Waals surface area (Å²) in [7, 11) is 0. The van der Waals surface area contributed by atoms with Gasteiger partial charge >= 0.3 is 5.97 Å². The van der Waals surface area contributed by atoms with E-state index in [0.717, 1.165) is 0 Å². The van der Waals surface area contributed by atoms with Gasteiger partial charge < -0.3 is 14.9 Å².